The van der Waals surface area contributed by atoms with E-state index in [0.29, 0.717) is 6.07 Å². The number of rotatable bonds is 9. The Bertz CT molecular complexity index is 1150. The molecule has 0 aliphatic carbocycles. The summed E-state index contributed by atoms with van der Waals surface area (Å²) >= 11 is 0. The molecule has 11 nitrogen and oxygen atoms in total. The van der Waals surface area contributed by atoms with E-state index in [4.69, 9.17) is 0 Å². The zero-order valence-corrected chi connectivity index (χ0v) is 18.0. The van der Waals surface area contributed by atoms with E-state index < -0.39 is 40.8 Å². The number of aromatic nitrogens is 3. The monoisotopic (exact) mass is 476 g/mol. The van der Waals surface area contributed by atoms with Gasteiger partial charge in [-0.1, -0.05) is 6.07 Å². The Labute approximate surface area is 192 Å². The van der Waals surface area contributed by atoms with E-state index in [-0.39, 0.29) is 30.0 Å². The van der Waals surface area contributed by atoms with Crippen LogP contribution in [0.2, 0.25) is 0 Å². The fourth-order valence-corrected chi connectivity index (χ4v) is 3.54. The molecule has 0 saturated heterocycles. The Morgan fingerprint density at radius 2 is 2.00 bits per heavy atom. The van der Waals surface area contributed by atoms with Crippen LogP contribution in [0.25, 0.3) is 0 Å². The highest BCUT2D eigenvalue weighted by atomic mass is 19.1. The van der Waals surface area contributed by atoms with Crippen LogP contribution in [-0.4, -0.2) is 60.0 Å². The number of non-ortho nitro benzene ring substituents is 1. The summed E-state index contributed by atoms with van der Waals surface area (Å²) in [6.45, 7) is 0.361. The van der Waals surface area contributed by atoms with Crippen molar-refractivity contribution in [2.75, 3.05) is 18.5 Å². The van der Waals surface area contributed by atoms with Crippen LogP contribution in [-0.2, 0) is 12.1 Å². The number of hydrogen-bond donors (Lipinski definition) is 3. The number of urea groups is 1. The lowest BCUT2D eigenvalue weighted by atomic mass is 9.85. The number of benzene rings is 2. The molecule has 2 atom stereocenters. The largest absolute Gasteiger partial charge is 0.395 e. The lowest BCUT2D eigenvalue weighted by Gasteiger charge is -2.41. The summed E-state index contributed by atoms with van der Waals surface area (Å²) in [7, 11) is 0. The van der Waals surface area contributed by atoms with Crippen LogP contribution in [0, 0.1) is 21.7 Å². The zero-order valence-electron chi connectivity index (χ0n) is 18.0. The van der Waals surface area contributed by atoms with Crippen LogP contribution < -0.4 is 5.32 Å². The molecule has 3 N–H and O–H groups in total. The second kappa shape index (κ2) is 10.3. The summed E-state index contributed by atoms with van der Waals surface area (Å²) in [5, 5.41) is 38.5. The zero-order chi connectivity index (χ0) is 24.9. The van der Waals surface area contributed by atoms with Gasteiger partial charge in [0.05, 0.1) is 24.1 Å². The summed E-state index contributed by atoms with van der Waals surface area (Å²) in [5.41, 5.74) is -2.36. The summed E-state index contributed by atoms with van der Waals surface area (Å²) in [5.74, 6) is -1.88. The quantitative estimate of drug-likeness (QED) is 0.317. The van der Waals surface area contributed by atoms with Crippen LogP contribution in [0.5, 0.6) is 0 Å². The van der Waals surface area contributed by atoms with Crippen LogP contribution in [0.3, 0.4) is 0 Å². The molecule has 1 aromatic heterocycles. The van der Waals surface area contributed by atoms with E-state index >= 15 is 0 Å². The second-order valence-electron chi connectivity index (χ2n) is 7.47. The first kappa shape index (κ1) is 24.7. The molecule has 2 amide bonds. The molecule has 0 fully saturated rings. The average molecular weight is 476 g/mol. The van der Waals surface area contributed by atoms with Crippen molar-refractivity contribution in [1.29, 1.82) is 0 Å². The van der Waals surface area contributed by atoms with Gasteiger partial charge in [-0.3, -0.25) is 10.1 Å². The molecular weight excluding hydrogens is 454 g/mol. The number of anilines is 1. The van der Waals surface area contributed by atoms with Gasteiger partial charge in [-0.05, 0) is 25.1 Å². The van der Waals surface area contributed by atoms with Crippen LogP contribution in [0.4, 0.5) is 25.0 Å². The van der Waals surface area contributed by atoms with E-state index in [0.717, 1.165) is 17.0 Å². The van der Waals surface area contributed by atoms with Crippen molar-refractivity contribution >= 4 is 17.4 Å². The number of nitro benzene ring substituents is 1. The van der Waals surface area contributed by atoms with Gasteiger partial charge in [0.1, 0.15) is 29.9 Å². The summed E-state index contributed by atoms with van der Waals surface area (Å²) in [6.07, 6.45) is 2.49. The van der Waals surface area contributed by atoms with Crippen LogP contribution in [0.1, 0.15) is 12.5 Å². The standard InChI is InChI=1S/C21H22F2N6O5/c1-14(28(8-9-30)20(31)26-16-3-5-17(6-4-16)29(33)34)21(32,11-27-13-24-12-25-27)18-7-2-15(22)10-19(18)23/h2-7,10,12-14,30,32H,8-9,11H2,1H3,(H,26,31)/t14-,21-/m1/s1. The maximum absolute atomic E-state index is 14.8. The SMILES string of the molecule is C[C@@H](N(CCO)C(=O)Nc1ccc([N+](=O)[O-])cc1)[C@](O)(Cn1cncn1)c1ccc(F)cc1F. The van der Waals surface area contributed by atoms with Crippen molar-refractivity contribution in [2.24, 2.45) is 0 Å². The number of aliphatic hydroxyl groups is 2. The molecule has 34 heavy (non-hydrogen) atoms. The molecule has 0 saturated carbocycles. The maximum Gasteiger partial charge on any atom is 0.322 e. The highest BCUT2D eigenvalue weighted by molar-refractivity contribution is 5.89. The van der Waals surface area contributed by atoms with Crippen molar-refractivity contribution in [1.82, 2.24) is 19.7 Å². The first-order valence-corrected chi connectivity index (χ1v) is 10.1. The normalized spacial score (nSPS) is 13.7. The summed E-state index contributed by atoms with van der Waals surface area (Å²) in [4.78, 5) is 28.2. The first-order valence-electron chi connectivity index (χ1n) is 10.1. The molecule has 0 aliphatic rings. The Morgan fingerprint density at radius 3 is 2.56 bits per heavy atom. The third kappa shape index (κ3) is 5.32. The molecule has 3 rings (SSSR count). The Morgan fingerprint density at radius 1 is 1.29 bits per heavy atom. The Kier molecular flexibility index (Phi) is 7.48. The van der Waals surface area contributed by atoms with Gasteiger partial charge in [0.2, 0.25) is 0 Å². The van der Waals surface area contributed by atoms with Gasteiger partial charge in [-0.25, -0.2) is 23.2 Å². The highest BCUT2D eigenvalue weighted by Crippen LogP contribution is 2.33. The topological polar surface area (TPSA) is 147 Å². The van der Waals surface area contributed by atoms with Gasteiger partial charge >= 0.3 is 6.03 Å². The number of hydrogen-bond acceptors (Lipinski definition) is 7. The van der Waals surface area contributed by atoms with E-state index in [2.05, 4.69) is 15.4 Å². The first-order chi connectivity index (χ1) is 16.2. The van der Waals surface area contributed by atoms with Crippen molar-refractivity contribution in [2.45, 2.75) is 25.1 Å². The van der Waals surface area contributed by atoms with Crippen molar-refractivity contribution in [3.05, 3.63) is 82.4 Å². The third-order valence-corrected chi connectivity index (χ3v) is 5.36. The number of aliphatic hydroxyl groups excluding tert-OH is 1. The molecule has 0 aliphatic heterocycles. The van der Waals surface area contributed by atoms with Gasteiger partial charge in [-0.15, -0.1) is 0 Å². The molecule has 180 valence electrons. The lowest BCUT2D eigenvalue weighted by Crippen LogP contribution is -2.55. The number of nitrogens with zero attached hydrogens (tertiary/aromatic N) is 5. The van der Waals surface area contributed by atoms with Crippen LogP contribution in [0.15, 0.2) is 55.1 Å². The minimum atomic E-state index is -2.12. The van der Waals surface area contributed by atoms with E-state index in [1.165, 1.54) is 48.5 Å². The van der Waals surface area contributed by atoms with Crippen molar-refractivity contribution in [3.8, 4) is 0 Å². The van der Waals surface area contributed by atoms with Crippen molar-refractivity contribution < 1.29 is 28.7 Å². The maximum atomic E-state index is 14.8. The van der Waals surface area contributed by atoms with Crippen molar-refractivity contribution in [3.63, 3.8) is 0 Å². The van der Waals surface area contributed by atoms with Gasteiger partial charge in [0.25, 0.3) is 5.69 Å². The number of carbonyl (C=O) groups is 1. The molecular formula is C21H22F2N6O5. The van der Waals surface area contributed by atoms with Gasteiger partial charge < -0.3 is 20.4 Å². The second-order valence-corrected chi connectivity index (χ2v) is 7.47. The summed E-state index contributed by atoms with van der Waals surface area (Å²) in [6, 6.07) is 5.76. The Hall–Kier alpha value is -3.97. The number of halogens is 2. The molecule has 0 spiro atoms. The summed E-state index contributed by atoms with van der Waals surface area (Å²) < 4.78 is 29.5. The molecule has 2 aromatic carbocycles. The number of amides is 2. The molecule has 0 bridgehead atoms. The van der Waals surface area contributed by atoms with Gasteiger partial charge in [-0.2, -0.15) is 5.10 Å². The highest BCUT2D eigenvalue weighted by Gasteiger charge is 2.43. The molecule has 0 unspecified atom stereocenters. The van der Waals surface area contributed by atoms with E-state index in [1.807, 2.05) is 0 Å². The van der Waals surface area contributed by atoms with Crippen LogP contribution >= 0.6 is 0 Å². The Balaban J connectivity index is 1.95. The smallest absolute Gasteiger partial charge is 0.322 e. The minimum Gasteiger partial charge on any atom is -0.395 e. The number of nitro groups is 1. The molecule has 1 heterocycles. The lowest BCUT2D eigenvalue weighted by molar-refractivity contribution is -0.384. The fraction of sp³-hybridized carbons (Fsp3) is 0.286. The number of nitrogens with one attached hydrogen (secondary N) is 1. The number of carbonyl (C=O) groups excluding carboxylic acids is 1. The van der Waals surface area contributed by atoms with E-state index in [1.54, 1.807) is 0 Å². The molecule has 13 heteroatoms. The predicted molar refractivity (Wildman–Crippen MR) is 116 cm³/mol. The average Bonchev–Trinajstić information content (AvgIpc) is 3.29. The fourth-order valence-electron chi connectivity index (χ4n) is 3.54. The minimum absolute atomic E-state index is 0.174. The van der Waals surface area contributed by atoms with Gasteiger partial charge in [0, 0.05) is 36.0 Å². The molecule has 0 radical (unpaired) electrons. The molecule has 3 aromatic rings. The predicted octanol–water partition coefficient (Wildman–Crippen LogP) is 2.27. The van der Waals surface area contributed by atoms with E-state index in [9.17, 15) is 33.9 Å². The van der Waals surface area contributed by atoms with Gasteiger partial charge in [0.15, 0.2) is 0 Å². The third-order valence-electron chi connectivity index (χ3n) is 5.36.